The van der Waals surface area contributed by atoms with Crippen LogP contribution in [0.3, 0.4) is 0 Å². The van der Waals surface area contributed by atoms with Gasteiger partial charge in [-0.05, 0) is 54.6 Å². The third-order valence-electron chi connectivity index (χ3n) is 3.72. The minimum Gasteiger partial charge on any atom is -0.465 e. The molecule has 1 aliphatic rings. The summed E-state index contributed by atoms with van der Waals surface area (Å²) in [6.45, 7) is 1.89. The van der Waals surface area contributed by atoms with Crippen molar-refractivity contribution in [2.75, 3.05) is 14.2 Å². The number of methoxy groups -OCH3 is 1. The Labute approximate surface area is 155 Å². The summed E-state index contributed by atoms with van der Waals surface area (Å²) in [5.74, 6) is 0.0459. The van der Waals surface area contributed by atoms with E-state index in [0.29, 0.717) is 21.5 Å². The van der Waals surface area contributed by atoms with E-state index in [2.05, 4.69) is 14.7 Å². The number of likely N-dealkylation sites (N-methyl/N-ethyl adjacent to an activating group) is 1. The van der Waals surface area contributed by atoms with Crippen molar-refractivity contribution in [1.82, 2.24) is 9.88 Å². The van der Waals surface area contributed by atoms with Gasteiger partial charge in [-0.3, -0.25) is 9.69 Å². The first-order valence-electron chi connectivity index (χ1n) is 7.86. The second kappa shape index (κ2) is 7.53. The van der Waals surface area contributed by atoms with Gasteiger partial charge >= 0.3 is 5.97 Å². The number of aryl methyl sites for hydroxylation is 1. The third-order valence-corrected chi connectivity index (χ3v) is 4.78. The van der Waals surface area contributed by atoms with E-state index in [1.807, 2.05) is 19.1 Å². The van der Waals surface area contributed by atoms with Gasteiger partial charge in [0.2, 0.25) is 0 Å². The monoisotopic (exact) mass is 367 g/mol. The molecular weight excluding hydrogens is 350 g/mol. The Kier molecular flexibility index (Phi) is 5.18. The van der Waals surface area contributed by atoms with Gasteiger partial charge in [-0.25, -0.2) is 14.8 Å². The third kappa shape index (κ3) is 3.83. The Bertz CT molecular complexity index is 920. The number of aliphatic imine (C=N–C) groups is 1. The lowest BCUT2D eigenvalue weighted by atomic mass is 10.1. The summed E-state index contributed by atoms with van der Waals surface area (Å²) in [4.78, 5) is 34.8. The number of esters is 1. The summed E-state index contributed by atoms with van der Waals surface area (Å²) >= 11 is 1.29. The van der Waals surface area contributed by atoms with Gasteiger partial charge in [0.25, 0.3) is 5.91 Å². The van der Waals surface area contributed by atoms with E-state index < -0.39 is 5.97 Å². The first-order valence-corrected chi connectivity index (χ1v) is 8.68. The normalized spacial score (nSPS) is 17.2. The highest BCUT2D eigenvalue weighted by Crippen LogP contribution is 2.32. The zero-order chi connectivity index (χ0) is 18.7. The van der Waals surface area contributed by atoms with Crippen molar-refractivity contribution < 1.29 is 14.3 Å². The number of carbonyl (C=O) groups is 2. The summed E-state index contributed by atoms with van der Waals surface area (Å²) in [5, 5.41) is 0.575. The molecule has 7 heteroatoms. The lowest BCUT2D eigenvalue weighted by Gasteiger charge is -2.06. The van der Waals surface area contributed by atoms with Crippen LogP contribution in [0.15, 0.2) is 52.4 Å². The molecule has 0 unspecified atom stereocenters. The van der Waals surface area contributed by atoms with Crippen molar-refractivity contribution in [1.29, 1.82) is 0 Å². The highest BCUT2D eigenvalue weighted by Gasteiger charge is 2.30. The minimum atomic E-state index is -0.393. The van der Waals surface area contributed by atoms with E-state index in [4.69, 9.17) is 0 Å². The van der Waals surface area contributed by atoms with E-state index in [0.717, 1.165) is 11.3 Å². The number of hydrogen-bond donors (Lipinski definition) is 0. The molecule has 1 fully saturated rings. The summed E-state index contributed by atoms with van der Waals surface area (Å²) in [7, 11) is 3.02. The number of thioether (sulfide) groups is 1. The fraction of sp³-hybridized carbons (Fsp3) is 0.158. The lowest BCUT2D eigenvalue weighted by Crippen LogP contribution is -2.23. The number of aromatic nitrogens is 1. The van der Waals surface area contributed by atoms with Crippen LogP contribution >= 0.6 is 11.8 Å². The van der Waals surface area contributed by atoms with Crippen LogP contribution in [-0.4, -0.2) is 41.1 Å². The van der Waals surface area contributed by atoms with E-state index in [1.165, 1.54) is 23.8 Å². The molecule has 1 aromatic carbocycles. The minimum absolute atomic E-state index is 0.126. The molecule has 132 valence electrons. The molecule has 0 aliphatic carbocycles. The molecule has 6 nitrogen and oxygen atoms in total. The van der Waals surface area contributed by atoms with Gasteiger partial charge in [-0.1, -0.05) is 18.2 Å². The smallest absolute Gasteiger partial charge is 0.337 e. The average molecular weight is 367 g/mol. The highest BCUT2D eigenvalue weighted by atomic mass is 32.2. The first-order chi connectivity index (χ1) is 12.5. The number of rotatable bonds is 3. The molecule has 0 N–H and O–H groups in total. The number of ether oxygens (including phenoxy) is 1. The van der Waals surface area contributed by atoms with Crippen LogP contribution in [0.4, 0.5) is 5.82 Å². The quantitative estimate of drug-likeness (QED) is 0.614. The second-order valence-electron chi connectivity index (χ2n) is 5.62. The molecular formula is C19H17N3O3S. The molecule has 1 amide bonds. The molecule has 0 bridgehead atoms. The van der Waals surface area contributed by atoms with Gasteiger partial charge in [0.05, 0.1) is 17.6 Å². The van der Waals surface area contributed by atoms with Crippen LogP contribution in [0, 0.1) is 6.92 Å². The Morgan fingerprint density at radius 1 is 1.23 bits per heavy atom. The Morgan fingerprint density at radius 2 is 1.96 bits per heavy atom. The Balaban J connectivity index is 1.84. The van der Waals surface area contributed by atoms with Gasteiger partial charge in [-0.15, -0.1) is 0 Å². The maximum atomic E-state index is 12.5. The fourth-order valence-electron chi connectivity index (χ4n) is 2.33. The van der Waals surface area contributed by atoms with Crippen LogP contribution in [-0.2, 0) is 9.53 Å². The van der Waals surface area contributed by atoms with Gasteiger partial charge in [0.1, 0.15) is 0 Å². The maximum absolute atomic E-state index is 12.5. The number of amides is 1. The molecule has 0 radical (unpaired) electrons. The Morgan fingerprint density at radius 3 is 2.62 bits per heavy atom. The highest BCUT2D eigenvalue weighted by molar-refractivity contribution is 8.18. The van der Waals surface area contributed by atoms with Gasteiger partial charge in [0, 0.05) is 12.7 Å². The number of carbonyl (C=O) groups excluding carboxylic acids is 2. The van der Waals surface area contributed by atoms with Crippen LogP contribution in [0.1, 0.15) is 21.6 Å². The first kappa shape index (κ1) is 17.9. The number of nitrogens with zero attached hydrogens (tertiary/aromatic N) is 3. The molecule has 1 aromatic heterocycles. The summed E-state index contributed by atoms with van der Waals surface area (Å²) in [6, 6.07) is 12.4. The van der Waals surface area contributed by atoms with Crippen LogP contribution in [0.5, 0.6) is 0 Å². The number of hydrogen-bond acceptors (Lipinski definition) is 6. The molecule has 0 atom stereocenters. The topological polar surface area (TPSA) is 71.9 Å². The summed E-state index contributed by atoms with van der Waals surface area (Å²) in [6.07, 6.45) is 1.77. The van der Waals surface area contributed by atoms with Gasteiger partial charge in [0.15, 0.2) is 11.0 Å². The van der Waals surface area contributed by atoms with Crippen LogP contribution < -0.4 is 0 Å². The summed E-state index contributed by atoms with van der Waals surface area (Å²) < 4.78 is 4.68. The average Bonchev–Trinajstić information content (AvgIpc) is 2.89. The van der Waals surface area contributed by atoms with E-state index in [1.54, 1.807) is 43.5 Å². The van der Waals surface area contributed by atoms with Crippen molar-refractivity contribution in [2.24, 2.45) is 4.99 Å². The number of benzene rings is 1. The molecule has 2 aromatic rings. The molecule has 0 spiro atoms. The van der Waals surface area contributed by atoms with Crippen molar-refractivity contribution in [3.8, 4) is 0 Å². The van der Waals surface area contributed by atoms with Gasteiger partial charge in [-0.2, -0.15) is 0 Å². The second-order valence-corrected chi connectivity index (χ2v) is 6.63. The Hall–Kier alpha value is -2.93. The van der Waals surface area contributed by atoms with E-state index in [9.17, 15) is 9.59 Å². The zero-order valence-corrected chi connectivity index (χ0v) is 15.4. The predicted molar refractivity (Wildman–Crippen MR) is 102 cm³/mol. The number of pyridine rings is 1. The van der Waals surface area contributed by atoms with Crippen LogP contribution in [0.2, 0.25) is 0 Å². The molecule has 2 heterocycles. The van der Waals surface area contributed by atoms with Crippen molar-refractivity contribution >= 4 is 40.7 Å². The fourth-order valence-corrected chi connectivity index (χ4v) is 3.30. The van der Waals surface area contributed by atoms with Gasteiger partial charge < -0.3 is 4.74 Å². The zero-order valence-electron chi connectivity index (χ0n) is 14.6. The van der Waals surface area contributed by atoms with E-state index >= 15 is 0 Å². The molecule has 0 saturated carbocycles. The predicted octanol–water partition coefficient (Wildman–Crippen LogP) is 3.41. The molecule has 3 rings (SSSR count). The standard InChI is InChI=1S/C19H17N3O3S/c1-12-5-4-6-16(20-12)21-19-22(2)17(23)15(26-19)11-13-7-9-14(10-8-13)18(24)25-3/h4-11H,1-3H3/b15-11-,21-19+. The van der Waals surface area contributed by atoms with Crippen LogP contribution in [0.25, 0.3) is 6.08 Å². The molecule has 26 heavy (non-hydrogen) atoms. The lowest BCUT2D eigenvalue weighted by molar-refractivity contribution is -0.121. The molecule has 1 saturated heterocycles. The summed E-state index contributed by atoms with van der Waals surface area (Å²) in [5.41, 5.74) is 2.15. The SMILES string of the molecule is COC(=O)c1ccc(/C=C2\S/C(=N/c3cccc(C)n3)N(C)C2=O)cc1. The van der Waals surface area contributed by atoms with E-state index in [-0.39, 0.29) is 5.91 Å². The van der Waals surface area contributed by atoms with Crippen molar-refractivity contribution in [3.63, 3.8) is 0 Å². The molecule has 1 aliphatic heterocycles. The van der Waals surface area contributed by atoms with Crippen molar-refractivity contribution in [2.45, 2.75) is 6.92 Å². The largest absolute Gasteiger partial charge is 0.465 e. The maximum Gasteiger partial charge on any atom is 0.337 e. The van der Waals surface area contributed by atoms with Crippen molar-refractivity contribution in [3.05, 3.63) is 64.2 Å². The number of amidine groups is 1.